The molecular formula is C40H41FN8O6S2. The standard InChI is InChI=1S/C40H41FN8O6S2/c1-25-44-38(56-24-36(52)53)31-22-27(57-39(31)45-25)8-7-15-43-34(50)11-3-2-6-14-42-23-35(51)48-16-18-49(19-17-48)40(55)30-20-26(12-13-32(30)41)21-33-28-9-4-5-10-29(28)37(54)47-46-33/h4-5,9-10,12-13,20,22,42H,2-3,6,11,14-19,21,23-24H2,1H3,(H,43,50)(H,47,54)(H,52,53). The van der Waals surface area contributed by atoms with Crippen LogP contribution in [0.5, 0.6) is 0 Å². The number of aliphatic carboxylic acids is 1. The number of carbonyl (C=O) groups excluding carboxylic acids is 3. The van der Waals surface area contributed by atoms with Gasteiger partial charge in [0.05, 0.1) is 40.4 Å². The molecule has 6 rings (SSSR count). The zero-order valence-corrected chi connectivity index (χ0v) is 32.9. The second-order valence-electron chi connectivity index (χ2n) is 13.4. The van der Waals surface area contributed by atoms with Gasteiger partial charge in [-0.15, -0.1) is 11.3 Å². The SMILES string of the molecule is Cc1nc(SCC(=O)O)c2cc(C#CCNC(=O)CCCCCNCC(=O)N3CCN(C(=O)c4cc(Cc5n[nH]c(=O)c6ccccc56)ccc4F)CC3)sc2n1. The summed E-state index contributed by atoms with van der Waals surface area (Å²) in [5.41, 5.74) is 0.949. The third-order valence-electron chi connectivity index (χ3n) is 9.25. The molecule has 1 aliphatic heterocycles. The van der Waals surface area contributed by atoms with E-state index in [9.17, 15) is 28.4 Å². The van der Waals surface area contributed by atoms with E-state index in [-0.39, 0.29) is 54.9 Å². The number of benzene rings is 2. The number of nitrogens with zero attached hydrogens (tertiary/aromatic N) is 5. The lowest BCUT2D eigenvalue weighted by molar-refractivity contribution is -0.134. The van der Waals surface area contributed by atoms with Crippen LogP contribution in [0, 0.1) is 24.6 Å². The number of aryl methyl sites for hydroxylation is 1. The first-order valence-electron chi connectivity index (χ1n) is 18.5. The van der Waals surface area contributed by atoms with Gasteiger partial charge in [0.25, 0.3) is 11.5 Å². The van der Waals surface area contributed by atoms with E-state index < -0.39 is 17.7 Å². The van der Waals surface area contributed by atoms with Crippen LogP contribution in [0.25, 0.3) is 21.0 Å². The number of nitrogens with one attached hydrogen (secondary N) is 3. The minimum atomic E-state index is -0.922. The van der Waals surface area contributed by atoms with Crippen LogP contribution in [0.1, 0.15) is 58.0 Å². The number of rotatable bonds is 15. The third-order valence-corrected chi connectivity index (χ3v) is 11.2. The van der Waals surface area contributed by atoms with Crippen molar-refractivity contribution in [1.82, 2.24) is 40.6 Å². The lowest BCUT2D eigenvalue weighted by atomic mass is 10.0. The predicted molar refractivity (Wildman–Crippen MR) is 216 cm³/mol. The Labute approximate surface area is 335 Å². The summed E-state index contributed by atoms with van der Waals surface area (Å²) in [6, 6.07) is 13.3. The number of halogens is 1. The minimum absolute atomic E-state index is 0.0469. The molecule has 1 aliphatic rings. The number of thiophene rings is 1. The van der Waals surface area contributed by atoms with Crippen molar-refractivity contribution >= 4 is 67.8 Å². The quantitative estimate of drug-likeness (QED) is 0.0522. The molecule has 0 bridgehead atoms. The van der Waals surface area contributed by atoms with E-state index >= 15 is 0 Å². The first-order valence-corrected chi connectivity index (χ1v) is 20.3. The number of thioether (sulfide) groups is 1. The number of carbonyl (C=O) groups is 4. The second-order valence-corrected chi connectivity index (χ2v) is 15.4. The lowest BCUT2D eigenvalue weighted by Gasteiger charge is -2.35. The third kappa shape index (κ3) is 11.0. The van der Waals surface area contributed by atoms with Gasteiger partial charge in [0.1, 0.15) is 21.5 Å². The van der Waals surface area contributed by atoms with Crippen LogP contribution in [0.4, 0.5) is 4.39 Å². The highest BCUT2D eigenvalue weighted by Crippen LogP contribution is 2.31. The molecule has 14 nitrogen and oxygen atoms in total. The van der Waals surface area contributed by atoms with Gasteiger partial charge in [0.15, 0.2) is 0 Å². The van der Waals surface area contributed by atoms with E-state index in [0.717, 1.165) is 39.7 Å². The number of aromatic nitrogens is 4. The van der Waals surface area contributed by atoms with Crippen molar-refractivity contribution in [3.63, 3.8) is 0 Å². The monoisotopic (exact) mass is 812 g/mol. The van der Waals surface area contributed by atoms with Crippen LogP contribution in [-0.2, 0) is 20.8 Å². The Kier molecular flexibility index (Phi) is 14.0. The Morgan fingerprint density at radius 1 is 0.982 bits per heavy atom. The Bertz CT molecular complexity index is 2420. The summed E-state index contributed by atoms with van der Waals surface area (Å²) in [5.74, 6) is 4.29. The summed E-state index contributed by atoms with van der Waals surface area (Å²) in [5, 5.41) is 24.2. The molecule has 0 unspecified atom stereocenters. The number of carboxylic acid groups (broad SMARTS) is 1. The van der Waals surface area contributed by atoms with Gasteiger partial charge in [-0.1, -0.05) is 54.3 Å². The Balaban J connectivity index is 0.854. The molecular weight excluding hydrogens is 772 g/mol. The summed E-state index contributed by atoms with van der Waals surface area (Å²) in [7, 11) is 0. The average Bonchev–Trinajstić information content (AvgIpc) is 3.62. The maximum Gasteiger partial charge on any atom is 0.313 e. The van der Waals surface area contributed by atoms with Crippen LogP contribution >= 0.6 is 23.1 Å². The number of hydrogen-bond donors (Lipinski definition) is 4. The fourth-order valence-electron chi connectivity index (χ4n) is 6.36. The van der Waals surface area contributed by atoms with Crippen LogP contribution in [0.2, 0.25) is 0 Å². The molecule has 296 valence electrons. The van der Waals surface area contributed by atoms with Crippen molar-refractivity contribution in [2.24, 2.45) is 0 Å². The van der Waals surface area contributed by atoms with Gasteiger partial charge in [0.2, 0.25) is 11.8 Å². The van der Waals surface area contributed by atoms with Crippen LogP contribution in [0.3, 0.4) is 0 Å². The number of amides is 3. The molecule has 1 saturated heterocycles. The average molecular weight is 813 g/mol. The van der Waals surface area contributed by atoms with Crippen molar-refractivity contribution in [2.45, 2.75) is 44.1 Å². The number of hydrogen-bond acceptors (Lipinski definition) is 11. The van der Waals surface area contributed by atoms with Crippen molar-refractivity contribution in [3.05, 3.63) is 92.2 Å². The Morgan fingerprint density at radius 2 is 1.75 bits per heavy atom. The van der Waals surface area contributed by atoms with Crippen LogP contribution in [-0.4, -0.2) is 110 Å². The van der Waals surface area contributed by atoms with E-state index in [1.807, 2.05) is 12.1 Å². The zero-order chi connectivity index (χ0) is 40.3. The summed E-state index contributed by atoms with van der Waals surface area (Å²) in [6.45, 7) is 3.98. The molecule has 0 aliphatic carbocycles. The highest BCUT2D eigenvalue weighted by Gasteiger charge is 2.26. The van der Waals surface area contributed by atoms with Gasteiger partial charge in [-0.3, -0.25) is 24.0 Å². The van der Waals surface area contributed by atoms with Gasteiger partial charge in [-0.2, -0.15) is 5.10 Å². The molecule has 1 fully saturated rings. The summed E-state index contributed by atoms with van der Waals surface area (Å²) in [4.78, 5) is 75.1. The molecule has 5 aromatic rings. The van der Waals surface area contributed by atoms with E-state index in [1.54, 1.807) is 41.0 Å². The second kappa shape index (κ2) is 19.4. The fourth-order valence-corrected chi connectivity index (χ4v) is 8.14. The number of unbranched alkanes of at least 4 members (excludes halogenated alkanes) is 2. The molecule has 3 amide bonds. The first kappa shape index (κ1) is 40.9. The van der Waals surface area contributed by atoms with Gasteiger partial charge >= 0.3 is 5.97 Å². The van der Waals surface area contributed by atoms with Gasteiger partial charge in [-0.05, 0) is 56.1 Å². The summed E-state index contributed by atoms with van der Waals surface area (Å²) < 4.78 is 14.9. The lowest BCUT2D eigenvalue weighted by Crippen LogP contribution is -2.52. The number of aromatic amines is 1. The van der Waals surface area contributed by atoms with Crippen molar-refractivity contribution in [2.75, 3.05) is 51.6 Å². The van der Waals surface area contributed by atoms with Gasteiger partial charge < -0.3 is 25.5 Å². The van der Waals surface area contributed by atoms with Gasteiger partial charge in [0, 0.05) is 49.8 Å². The largest absolute Gasteiger partial charge is 0.481 e. The highest BCUT2D eigenvalue weighted by atomic mass is 32.2. The predicted octanol–water partition coefficient (Wildman–Crippen LogP) is 3.75. The number of H-pyrrole nitrogens is 1. The molecule has 4 heterocycles. The highest BCUT2D eigenvalue weighted by molar-refractivity contribution is 8.00. The molecule has 4 N–H and O–H groups in total. The van der Waals surface area contributed by atoms with Gasteiger partial charge in [-0.25, -0.2) is 19.5 Å². The Morgan fingerprint density at radius 3 is 2.54 bits per heavy atom. The molecule has 0 atom stereocenters. The topological polar surface area (TPSA) is 191 Å². The zero-order valence-electron chi connectivity index (χ0n) is 31.2. The van der Waals surface area contributed by atoms with E-state index in [1.165, 1.54) is 23.5 Å². The molecule has 0 saturated carbocycles. The van der Waals surface area contributed by atoms with E-state index in [0.29, 0.717) is 71.8 Å². The van der Waals surface area contributed by atoms with Crippen molar-refractivity contribution in [3.8, 4) is 11.8 Å². The molecule has 0 radical (unpaired) electrons. The summed E-state index contributed by atoms with van der Waals surface area (Å²) in [6.07, 6.45) is 2.96. The smallest absolute Gasteiger partial charge is 0.313 e. The van der Waals surface area contributed by atoms with E-state index in [4.69, 9.17) is 5.11 Å². The maximum atomic E-state index is 14.9. The Hall–Kier alpha value is -5.70. The maximum absolute atomic E-state index is 14.9. The summed E-state index contributed by atoms with van der Waals surface area (Å²) >= 11 is 2.53. The molecule has 2 aromatic carbocycles. The molecule has 0 spiro atoms. The van der Waals surface area contributed by atoms with Crippen LogP contribution < -0.4 is 16.2 Å². The fraction of sp³-hybridized carbons (Fsp3) is 0.350. The normalized spacial score (nSPS) is 12.7. The first-order chi connectivity index (χ1) is 27.5. The molecule has 57 heavy (non-hydrogen) atoms. The molecule has 17 heteroatoms. The molecule has 3 aromatic heterocycles. The number of piperazine rings is 1. The minimum Gasteiger partial charge on any atom is -0.481 e. The number of carboxylic acids is 1. The van der Waals surface area contributed by atoms with E-state index in [2.05, 4.69) is 42.6 Å². The number of fused-ring (bicyclic) bond motifs is 2. The van der Waals surface area contributed by atoms with Crippen molar-refractivity contribution in [1.29, 1.82) is 0 Å². The van der Waals surface area contributed by atoms with Crippen molar-refractivity contribution < 1.29 is 28.7 Å². The van der Waals surface area contributed by atoms with Crippen LogP contribution in [0.15, 0.2) is 58.4 Å².